The Kier molecular flexibility index (Phi) is 4.62. The number of hydrogen-bond donors (Lipinski definition) is 1. The first-order chi connectivity index (χ1) is 8.24. The quantitative estimate of drug-likeness (QED) is 0.665. The van der Waals surface area contributed by atoms with E-state index in [0.717, 1.165) is 29.0 Å². The molecule has 0 radical (unpaired) electrons. The summed E-state index contributed by atoms with van der Waals surface area (Å²) in [4.78, 5) is 0. The van der Waals surface area contributed by atoms with Gasteiger partial charge >= 0.3 is 0 Å². The smallest absolute Gasteiger partial charge is 0.164 e. The van der Waals surface area contributed by atoms with E-state index in [1.165, 1.54) is 11.1 Å². The van der Waals surface area contributed by atoms with E-state index in [1.807, 2.05) is 12.1 Å². The van der Waals surface area contributed by atoms with Crippen LogP contribution >= 0.6 is 22.6 Å². The Morgan fingerprint density at radius 3 is 2.82 bits per heavy atom. The van der Waals surface area contributed by atoms with Crippen molar-refractivity contribution in [1.29, 1.82) is 0 Å². The third-order valence-electron chi connectivity index (χ3n) is 2.60. The molecule has 0 saturated heterocycles. The van der Waals surface area contributed by atoms with Crippen LogP contribution in [0.5, 0.6) is 0 Å². The molecule has 0 atom stereocenters. The summed E-state index contributed by atoms with van der Waals surface area (Å²) >= 11 is 2.18. The third-order valence-corrected chi connectivity index (χ3v) is 3.18. The number of benzene rings is 1. The summed E-state index contributed by atoms with van der Waals surface area (Å²) in [5.74, 6) is 0.999. The first-order valence-electron chi connectivity index (χ1n) is 5.74. The monoisotopic (exact) mass is 341 g/mol. The van der Waals surface area contributed by atoms with Crippen molar-refractivity contribution < 1.29 is 4.42 Å². The highest BCUT2D eigenvalue weighted by Crippen LogP contribution is 2.09. The molecule has 0 saturated carbocycles. The summed E-state index contributed by atoms with van der Waals surface area (Å²) in [5.41, 5.74) is 2.70. The fourth-order valence-electron chi connectivity index (χ4n) is 1.76. The van der Waals surface area contributed by atoms with Gasteiger partial charge in [0, 0.05) is 0 Å². The summed E-state index contributed by atoms with van der Waals surface area (Å²) in [6.45, 7) is 3.90. The van der Waals surface area contributed by atoms with Gasteiger partial charge in [0.15, 0.2) is 3.77 Å². The Morgan fingerprint density at radius 2 is 2.12 bits per heavy atom. The van der Waals surface area contributed by atoms with E-state index in [-0.39, 0.29) is 0 Å². The predicted molar refractivity (Wildman–Crippen MR) is 78.0 cm³/mol. The van der Waals surface area contributed by atoms with Gasteiger partial charge in [-0.15, -0.1) is 0 Å². The van der Waals surface area contributed by atoms with E-state index in [0.29, 0.717) is 0 Å². The fourth-order valence-corrected chi connectivity index (χ4v) is 2.22. The van der Waals surface area contributed by atoms with Gasteiger partial charge in [-0.2, -0.15) is 0 Å². The highest BCUT2D eigenvalue weighted by Gasteiger charge is 1.98. The molecule has 2 nitrogen and oxygen atoms in total. The largest absolute Gasteiger partial charge is 0.454 e. The zero-order valence-electron chi connectivity index (χ0n) is 9.87. The maximum Gasteiger partial charge on any atom is 0.164 e. The number of nitrogens with one attached hydrogen (secondary N) is 1. The van der Waals surface area contributed by atoms with Crippen molar-refractivity contribution in [3.8, 4) is 0 Å². The molecule has 0 unspecified atom stereocenters. The first-order valence-corrected chi connectivity index (χ1v) is 6.82. The van der Waals surface area contributed by atoms with E-state index < -0.39 is 0 Å². The van der Waals surface area contributed by atoms with E-state index in [2.05, 4.69) is 59.1 Å². The highest BCUT2D eigenvalue weighted by atomic mass is 127. The van der Waals surface area contributed by atoms with Gasteiger partial charge in [-0.1, -0.05) is 29.8 Å². The lowest BCUT2D eigenvalue weighted by Gasteiger charge is -2.04. The number of furan rings is 1. The van der Waals surface area contributed by atoms with Crippen LogP contribution in [0, 0.1) is 10.7 Å². The van der Waals surface area contributed by atoms with Crippen LogP contribution in [0.4, 0.5) is 0 Å². The minimum atomic E-state index is 0.800. The van der Waals surface area contributed by atoms with Gasteiger partial charge in [0.1, 0.15) is 5.76 Å². The van der Waals surface area contributed by atoms with Crippen molar-refractivity contribution in [3.63, 3.8) is 0 Å². The third kappa shape index (κ3) is 4.16. The Balaban J connectivity index is 1.73. The summed E-state index contributed by atoms with van der Waals surface area (Å²) < 4.78 is 6.42. The molecule has 1 N–H and O–H groups in total. The van der Waals surface area contributed by atoms with Crippen LogP contribution < -0.4 is 5.32 Å². The van der Waals surface area contributed by atoms with E-state index in [9.17, 15) is 0 Å². The summed E-state index contributed by atoms with van der Waals surface area (Å²) in [5, 5.41) is 3.39. The molecule has 0 fully saturated rings. The van der Waals surface area contributed by atoms with Crippen molar-refractivity contribution in [1.82, 2.24) is 5.32 Å². The van der Waals surface area contributed by atoms with Crippen molar-refractivity contribution in [3.05, 3.63) is 57.1 Å². The molecule has 0 aliphatic heterocycles. The maximum absolute atomic E-state index is 5.48. The summed E-state index contributed by atoms with van der Waals surface area (Å²) in [6.07, 6.45) is 1.06. The molecule has 1 aromatic heterocycles. The zero-order chi connectivity index (χ0) is 12.1. The molecule has 0 aliphatic rings. The second kappa shape index (κ2) is 6.21. The molecule has 2 aromatic rings. The number of aryl methyl sites for hydroxylation is 1. The van der Waals surface area contributed by atoms with Gasteiger partial charge in [0.2, 0.25) is 0 Å². The molecule has 17 heavy (non-hydrogen) atoms. The maximum atomic E-state index is 5.48. The standard InChI is InChI=1S/C14H16INO/c1-11-3-2-4-12(9-11)7-8-16-10-13-5-6-14(15)17-13/h2-6,9,16H,7-8,10H2,1H3. The van der Waals surface area contributed by atoms with Gasteiger partial charge in [0.25, 0.3) is 0 Å². The summed E-state index contributed by atoms with van der Waals surface area (Å²) in [7, 11) is 0. The van der Waals surface area contributed by atoms with Gasteiger partial charge < -0.3 is 9.73 Å². The molecule has 0 aliphatic carbocycles. The van der Waals surface area contributed by atoms with E-state index in [4.69, 9.17) is 4.42 Å². The van der Waals surface area contributed by atoms with Gasteiger partial charge in [-0.25, -0.2) is 0 Å². The van der Waals surface area contributed by atoms with Gasteiger partial charge in [-0.3, -0.25) is 0 Å². The molecule has 0 spiro atoms. The van der Waals surface area contributed by atoms with Gasteiger partial charge in [0.05, 0.1) is 6.54 Å². The van der Waals surface area contributed by atoms with Crippen LogP contribution in [-0.2, 0) is 13.0 Å². The minimum absolute atomic E-state index is 0.800. The molecule has 90 valence electrons. The lowest BCUT2D eigenvalue weighted by molar-refractivity contribution is 0.464. The van der Waals surface area contributed by atoms with Crippen LogP contribution in [0.1, 0.15) is 16.9 Å². The second-order valence-corrected chi connectivity index (χ2v) is 5.18. The predicted octanol–water partition coefficient (Wildman–Crippen LogP) is 3.52. The molecular weight excluding hydrogens is 325 g/mol. The Morgan fingerprint density at radius 1 is 1.24 bits per heavy atom. The topological polar surface area (TPSA) is 25.2 Å². The molecule has 1 heterocycles. The molecule has 3 heteroatoms. The van der Waals surface area contributed by atoms with Crippen LogP contribution in [0.2, 0.25) is 0 Å². The van der Waals surface area contributed by atoms with Crippen molar-refractivity contribution in [2.45, 2.75) is 19.9 Å². The van der Waals surface area contributed by atoms with Gasteiger partial charge in [-0.05, 0) is 60.2 Å². The molecule has 0 amide bonds. The average Bonchev–Trinajstić information content (AvgIpc) is 2.71. The minimum Gasteiger partial charge on any atom is -0.454 e. The van der Waals surface area contributed by atoms with Crippen LogP contribution in [0.3, 0.4) is 0 Å². The summed E-state index contributed by atoms with van der Waals surface area (Å²) in [6, 6.07) is 12.6. The molecule has 1 aromatic carbocycles. The highest BCUT2D eigenvalue weighted by molar-refractivity contribution is 14.1. The fraction of sp³-hybridized carbons (Fsp3) is 0.286. The molecule has 0 bridgehead atoms. The first kappa shape index (κ1) is 12.6. The normalized spacial score (nSPS) is 10.7. The molecule has 2 rings (SSSR count). The number of halogens is 1. The zero-order valence-corrected chi connectivity index (χ0v) is 12.0. The van der Waals surface area contributed by atoms with Crippen molar-refractivity contribution >= 4 is 22.6 Å². The Labute approximate surface area is 116 Å². The van der Waals surface area contributed by atoms with E-state index in [1.54, 1.807) is 0 Å². The van der Waals surface area contributed by atoms with Crippen molar-refractivity contribution in [2.75, 3.05) is 6.54 Å². The number of rotatable bonds is 5. The average molecular weight is 341 g/mol. The van der Waals surface area contributed by atoms with Crippen LogP contribution in [0.25, 0.3) is 0 Å². The van der Waals surface area contributed by atoms with Crippen molar-refractivity contribution in [2.24, 2.45) is 0 Å². The second-order valence-electron chi connectivity index (χ2n) is 4.12. The lowest BCUT2D eigenvalue weighted by Crippen LogP contribution is -2.16. The SMILES string of the molecule is Cc1cccc(CCNCc2ccc(I)o2)c1. The van der Waals surface area contributed by atoms with Crippen LogP contribution in [-0.4, -0.2) is 6.54 Å². The Bertz CT molecular complexity index is 479. The van der Waals surface area contributed by atoms with Crippen LogP contribution in [0.15, 0.2) is 40.8 Å². The molecular formula is C14H16INO. The van der Waals surface area contributed by atoms with E-state index >= 15 is 0 Å². The Hall–Kier alpha value is -0.810. The number of hydrogen-bond acceptors (Lipinski definition) is 2. The lowest BCUT2D eigenvalue weighted by atomic mass is 10.1.